The predicted octanol–water partition coefficient (Wildman–Crippen LogP) is 4.35. The highest BCUT2D eigenvalue weighted by Gasteiger charge is 2.24. The van der Waals surface area contributed by atoms with Crippen molar-refractivity contribution in [1.29, 1.82) is 0 Å². The summed E-state index contributed by atoms with van der Waals surface area (Å²) in [7, 11) is 2.05. The molecule has 2 amide bonds. The lowest BCUT2D eigenvalue weighted by Gasteiger charge is -2.19. The molecule has 1 heterocycles. The van der Waals surface area contributed by atoms with Crippen molar-refractivity contribution in [2.75, 3.05) is 86.0 Å². The average Bonchev–Trinajstić information content (AvgIpc) is 3.57. The number of amides is 2. The highest BCUT2D eigenvalue weighted by molar-refractivity contribution is 5.99. The second kappa shape index (κ2) is 21.3. The summed E-state index contributed by atoms with van der Waals surface area (Å²) in [5.74, 6) is 0.294. The van der Waals surface area contributed by atoms with Crippen molar-refractivity contribution >= 4 is 23.0 Å². The highest BCUT2D eigenvalue weighted by atomic mass is 16.5. The van der Waals surface area contributed by atoms with Gasteiger partial charge in [-0.05, 0) is 72.7 Å². The smallest absolute Gasteiger partial charge is 0.246 e. The minimum atomic E-state index is -0.477. The van der Waals surface area contributed by atoms with Crippen molar-refractivity contribution in [3.8, 4) is 5.75 Å². The summed E-state index contributed by atoms with van der Waals surface area (Å²) in [6, 6.07) is 19.1. The lowest BCUT2D eigenvalue weighted by Crippen LogP contribution is -2.40. The van der Waals surface area contributed by atoms with Crippen LogP contribution in [-0.4, -0.2) is 119 Å². The Kier molecular flexibility index (Phi) is 16.5. The van der Waals surface area contributed by atoms with E-state index in [9.17, 15) is 14.7 Å². The Morgan fingerprint density at radius 3 is 2.29 bits per heavy atom. The van der Waals surface area contributed by atoms with E-state index in [2.05, 4.69) is 90.0 Å². The summed E-state index contributed by atoms with van der Waals surface area (Å²) in [4.78, 5) is 27.6. The van der Waals surface area contributed by atoms with Gasteiger partial charge in [0.05, 0.1) is 45.7 Å². The Balaban J connectivity index is 1.05. The fourth-order valence-electron chi connectivity index (χ4n) is 5.76. The van der Waals surface area contributed by atoms with E-state index in [-0.39, 0.29) is 31.6 Å². The lowest BCUT2D eigenvalue weighted by atomic mass is 9.86. The summed E-state index contributed by atoms with van der Waals surface area (Å²) in [5.41, 5.74) is 6.39. The van der Waals surface area contributed by atoms with E-state index in [1.54, 1.807) is 4.90 Å². The Hall–Kier alpha value is -3.80. The lowest BCUT2D eigenvalue weighted by molar-refractivity contribution is -0.133. The fourth-order valence-corrected chi connectivity index (χ4v) is 5.76. The van der Waals surface area contributed by atoms with Gasteiger partial charge in [0.2, 0.25) is 11.8 Å². The first-order chi connectivity index (χ1) is 23.9. The van der Waals surface area contributed by atoms with Crippen LogP contribution in [0.3, 0.4) is 0 Å². The van der Waals surface area contributed by atoms with Crippen molar-refractivity contribution in [2.45, 2.75) is 38.7 Å². The van der Waals surface area contributed by atoms with E-state index in [1.807, 2.05) is 7.05 Å². The maximum atomic E-state index is 12.0. The number of likely N-dealkylation sites (tertiary alicyclic amines) is 1. The first-order valence-corrected chi connectivity index (χ1v) is 17.5. The molecule has 1 fully saturated rings. The number of hydrogen-bond acceptors (Lipinski definition) is 8. The summed E-state index contributed by atoms with van der Waals surface area (Å²) < 4.78 is 22.6. The van der Waals surface area contributed by atoms with Crippen molar-refractivity contribution < 1.29 is 33.6 Å². The van der Waals surface area contributed by atoms with Gasteiger partial charge < -0.3 is 39.2 Å². The molecule has 10 nitrogen and oxygen atoms in total. The zero-order valence-corrected chi connectivity index (χ0v) is 29.1. The molecule has 1 saturated heterocycles. The fraction of sp³-hybridized carbons (Fsp3) is 0.487. The Labute approximate surface area is 291 Å². The van der Waals surface area contributed by atoms with Crippen LogP contribution in [-0.2, 0) is 23.8 Å². The van der Waals surface area contributed by atoms with Crippen LogP contribution < -0.4 is 10.1 Å². The Bertz CT molecular complexity index is 1390. The van der Waals surface area contributed by atoms with Gasteiger partial charge in [-0.3, -0.25) is 9.59 Å². The number of benzene rings is 2. The minimum absolute atomic E-state index is 0.0929. The number of nitrogens with zero attached hydrogens (tertiary/aromatic N) is 2. The monoisotopic (exact) mass is 675 g/mol. The van der Waals surface area contributed by atoms with Gasteiger partial charge in [-0.2, -0.15) is 0 Å². The van der Waals surface area contributed by atoms with Crippen molar-refractivity contribution in [2.24, 2.45) is 0 Å². The molecule has 2 aliphatic rings. The Morgan fingerprint density at radius 2 is 1.61 bits per heavy atom. The van der Waals surface area contributed by atoms with Gasteiger partial charge in [0.25, 0.3) is 0 Å². The van der Waals surface area contributed by atoms with Gasteiger partial charge in [-0.1, -0.05) is 67.6 Å². The van der Waals surface area contributed by atoms with Crippen LogP contribution in [0.15, 0.2) is 78.4 Å². The van der Waals surface area contributed by atoms with Gasteiger partial charge in [0.15, 0.2) is 0 Å². The number of aliphatic hydroxyl groups excluding tert-OH is 1. The molecule has 4 rings (SSSR count). The van der Waals surface area contributed by atoms with Gasteiger partial charge in [-0.15, -0.1) is 0 Å². The number of rotatable bonds is 21. The van der Waals surface area contributed by atoms with Crippen LogP contribution in [0.4, 0.5) is 0 Å². The van der Waals surface area contributed by atoms with Crippen LogP contribution in [0.25, 0.3) is 11.1 Å². The SMILES string of the molecule is CC/C(=C(\C1=CCCC=C1)c1ccc(OCCN(C)CCOCCOCCOCC(=O)NCC(=O)N2CCC(O)C2)cc1)c1ccccc1. The maximum Gasteiger partial charge on any atom is 0.246 e. The van der Waals surface area contributed by atoms with E-state index in [0.29, 0.717) is 52.5 Å². The molecule has 1 atom stereocenters. The molecular formula is C39H53N3O7. The molecular weight excluding hydrogens is 622 g/mol. The number of allylic oxidation sites excluding steroid dienone is 6. The number of nitrogens with one attached hydrogen (secondary N) is 1. The normalized spacial score (nSPS) is 16.4. The summed E-state index contributed by atoms with van der Waals surface area (Å²) in [5, 5.41) is 12.0. The molecule has 0 saturated carbocycles. The number of carbonyl (C=O) groups excluding carboxylic acids is 2. The molecule has 0 aromatic heterocycles. The van der Waals surface area contributed by atoms with E-state index in [1.165, 1.54) is 27.8 Å². The van der Waals surface area contributed by atoms with E-state index < -0.39 is 6.10 Å². The van der Waals surface area contributed by atoms with Crippen LogP contribution in [0.1, 0.15) is 43.7 Å². The molecule has 266 valence electrons. The number of aliphatic hydroxyl groups is 1. The van der Waals surface area contributed by atoms with E-state index in [4.69, 9.17) is 18.9 Å². The molecule has 49 heavy (non-hydrogen) atoms. The van der Waals surface area contributed by atoms with Crippen LogP contribution in [0.5, 0.6) is 5.75 Å². The topological polar surface area (TPSA) is 110 Å². The highest BCUT2D eigenvalue weighted by Crippen LogP contribution is 2.37. The molecule has 0 spiro atoms. The number of likely N-dealkylation sites (N-methyl/N-ethyl adjacent to an activating group) is 1. The number of β-amino-alcohol motifs (C(OH)–C–C–N with tert-alkyl or cyclic N) is 1. The number of ether oxygens (including phenoxy) is 4. The molecule has 2 N–H and O–H groups in total. The number of hydrogen-bond donors (Lipinski definition) is 2. The van der Waals surface area contributed by atoms with Gasteiger partial charge >= 0.3 is 0 Å². The van der Waals surface area contributed by atoms with Crippen LogP contribution in [0.2, 0.25) is 0 Å². The molecule has 1 aliphatic heterocycles. The Morgan fingerprint density at radius 1 is 0.898 bits per heavy atom. The van der Waals surface area contributed by atoms with Crippen LogP contribution in [0, 0.1) is 0 Å². The first kappa shape index (κ1) is 38.0. The maximum absolute atomic E-state index is 12.0. The summed E-state index contributed by atoms with van der Waals surface area (Å²) in [6.07, 6.45) is 10.1. The largest absolute Gasteiger partial charge is 0.492 e. The standard InChI is InChI=1S/C39H53N3O7/c1-3-36(31-10-6-4-7-11-31)39(32-12-8-5-9-13-32)33-14-16-35(17-15-33)49-23-21-41(2)20-22-46-24-25-47-26-27-48-30-37(44)40-28-38(45)42-19-18-34(43)29-42/h4,6-8,10-17,34,43H,3,5,9,18-30H2,1-2H3,(H,40,44)/b39-36-. The predicted molar refractivity (Wildman–Crippen MR) is 192 cm³/mol. The van der Waals surface area contributed by atoms with Crippen molar-refractivity contribution in [3.05, 3.63) is 89.5 Å². The first-order valence-electron chi connectivity index (χ1n) is 17.5. The molecule has 0 radical (unpaired) electrons. The summed E-state index contributed by atoms with van der Waals surface area (Å²) >= 11 is 0. The minimum Gasteiger partial charge on any atom is -0.492 e. The van der Waals surface area contributed by atoms with E-state index in [0.717, 1.165) is 38.1 Å². The number of carbonyl (C=O) groups is 2. The second-order valence-corrected chi connectivity index (χ2v) is 12.2. The van der Waals surface area contributed by atoms with Crippen LogP contribution >= 0.6 is 0 Å². The molecule has 2 aromatic carbocycles. The average molecular weight is 676 g/mol. The van der Waals surface area contributed by atoms with Gasteiger partial charge in [0, 0.05) is 26.2 Å². The van der Waals surface area contributed by atoms with Gasteiger partial charge in [-0.25, -0.2) is 0 Å². The molecule has 1 aliphatic carbocycles. The zero-order chi connectivity index (χ0) is 34.7. The zero-order valence-electron chi connectivity index (χ0n) is 29.1. The molecule has 10 heteroatoms. The van der Waals surface area contributed by atoms with E-state index >= 15 is 0 Å². The third-order valence-electron chi connectivity index (χ3n) is 8.49. The molecule has 0 bridgehead atoms. The molecule has 1 unspecified atom stereocenters. The third kappa shape index (κ3) is 13.2. The quantitative estimate of drug-likeness (QED) is 0.149. The summed E-state index contributed by atoms with van der Waals surface area (Å²) in [6.45, 7) is 7.07. The third-order valence-corrected chi connectivity index (χ3v) is 8.49. The van der Waals surface area contributed by atoms with Crippen molar-refractivity contribution in [1.82, 2.24) is 15.1 Å². The second-order valence-electron chi connectivity index (χ2n) is 12.2. The molecule has 2 aromatic rings. The van der Waals surface area contributed by atoms with Crippen molar-refractivity contribution in [3.63, 3.8) is 0 Å². The van der Waals surface area contributed by atoms with Gasteiger partial charge in [0.1, 0.15) is 19.0 Å².